The second-order valence-corrected chi connectivity index (χ2v) is 7.26. The van der Waals surface area contributed by atoms with E-state index in [0.717, 1.165) is 54.6 Å². The van der Waals surface area contributed by atoms with Crippen molar-refractivity contribution in [1.82, 2.24) is 10.3 Å². The topological polar surface area (TPSA) is 45.2 Å². The maximum Gasteiger partial charge on any atom is 0.193 e. The van der Waals surface area contributed by atoms with Crippen LogP contribution in [0.3, 0.4) is 0 Å². The smallest absolute Gasteiger partial charge is 0.193 e. The van der Waals surface area contributed by atoms with Gasteiger partial charge in [-0.05, 0) is 5.56 Å². The van der Waals surface area contributed by atoms with Crippen LogP contribution < -0.4 is 10.2 Å². The second kappa shape index (κ2) is 10.6. The van der Waals surface area contributed by atoms with Crippen LogP contribution >= 0.6 is 36.2 Å². The van der Waals surface area contributed by atoms with Gasteiger partial charge in [0.25, 0.3) is 0 Å². The molecule has 0 amide bonds. The number of carbonyl (C=O) groups is 1. The molecule has 4 nitrogen and oxygen atoms in total. The Morgan fingerprint density at radius 2 is 1.61 bits per heavy atom. The molecule has 28 heavy (non-hydrogen) atoms. The van der Waals surface area contributed by atoms with Crippen LogP contribution in [0.2, 0.25) is 0 Å². The van der Waals surface area contributed by atoms with Crippen LogP contribution in [0.5, 0.6) is 0 Å². The van der Waals surface area contributed by atoms with Crippen LogP contribution in [0.1, 0.15) is 27.2 Å². The fourth-order valence-corrected chi connectivity index (χ4v) is 4.00. The molecule has 2 aromatic carbocycles. The van der Waals surface area contributed by atoms with E-state index < -0.39 is 0 Å². The van der Waals surface area contributed by atoms with E-state index in [9.17, 15) is 4.79 Å². The lowest BCUT2D eigenvalue weighted by Gasteiger charge is -2.26. The third-order valence-corrected chi connectivity index (χ3v) is 5.51. The molecular formula is C21H23Cl2N3OS. The number of hydrogen-bond donors (Lipinski definition) is 1. The van der Waals surface area contributed by atoms with Gasteiger partial charge in [-0.1, -0.05) is 54.6 Å². The quantitative estimate of drug-likeness (QED) is 0.609. The van der Waals surface area contributed by atoms with Crippen molar-refractivity contribution in [1.29, 1.82) is 0 Å². The minimum Gasteiger partial charge on any atom is -0.346 e. The highest BCUT2D eigenvalue weighted by Gasteiger charge is 2.14. The van der Waals surface area contributed by atoms with Gasteiger partial charge in [0.1, 0.15) is 0 Å². The lowest BCUT2D eigenvalue weighted by molar-refractivity contribution is 0.103. The minimum atomic E-state index is 0. The Kier molecular flexibility index (Phi) is 8.45. The lowest BCUT2D eigenvalue weighted by atomic mass is 10.0. The minimum absolute atomic E-state index is 0. The zero-order chi connectivity index (χ0) is 17.8. The van der Waals surface area contributed by atoms with Gasteiger partial charge in [0.15, 0.2) is 10.9 Å². The summed E-state index contributed by atoms with van der Waals surface area (Å²) >= 11 is 1.71. The Labute approximate surface area is 181 Å². The summed E-state index contributed by atoms with van der Waals surface area (Å²) in [7, 11) is 0. The van der Waals surface area contributed by atoms with Gasteiger partial charge in [0.2, 0.25) is 0 Å². The summed E-state index contributed by atoms with van der Waals surface area (Å²) in [5.74, 6) is 0.0619. The number of piperazine rings is 1. The number of carbonyl (C=O) groups excluding carboxylic acids is 1. The highest BCUT2D eigenvalue weighted by molar-refractivity contribution is 7.13. The molecule has 1 aliphatic heterocycles. The average Bonchev–Trinajstić information content (AvgIpc) is 3.18. The first-order valence-corrected chi connectivity index (χ1v) is 9.76. The largest absolute Gasteiger partial charge is 0.346 e. The van der Waals surface area contributed by atoms with Gasteiger partial charge in [-0.15, -0.1) is 36.2 Å². The fourth-order valence-electron chi connectivity index (χ4n) is 3.12. The predicted octanol–water partition coefficient (Wildman–Crippen LogP) is 4.22. The van der Waals surface area contributed by atoms with Crippen LogP contribution in [0.25, 0.3) is 0 Å². The zero-order valence-electron chi connectivity index (χ0n) is 15.3. The maximum absolute atomic E-state index is 12.5. The number of hydrogen-bond acceptors (Lipinski definition) is 5. The highest BCUT2D eigenvalue weighted by Crippen LogP contribution is 2.23. The van der Waals surface area contributed by atoms with Crippen LogP contribution in [0.15, 0.2) is 60.0 Å². The molecule has 1 aromatic heterocycles. The SMILES string of the molecule is Cl.Cl.O=C(c1ccccc1)c1ccc(Cc2csc(N3CCNCC3)n2)cc1. The molecule has 148 valence electrons. The normalized spacial score (nSPS) is 13.4. The Morgan fingerprint density at radius 3 is 2.29 bits per heavy atom. The zero-order valence-corrected chi connectivity index (χ0v) is 17.8. The number of ketones is 1. The lowest BCUT2D eigenvalue weighted by Crippen LogP contribution is -2.43. The molecule has 1 aliphatic rings. The summed E-state index contributed by atoms with van der Waals surface area (Å²) in [5.41, 5.74) is 3.71. The Bertz CT molecular complexity index is 878. The third-order valence-electron chi connectivity index (χ3n) is 4.56. The first-order valence-electron chi connectivity index (χ1n) is 8.88. The number of aromatic nitrogens is 1. The summed E-state index contributed by atoms with van der Waals surface area (Å²) in [4.78, 5) is 19.6. The number of thiazole rings is 1. The van der Waals surface area contributed by atoms with Gasteiger partial charge < -0.3 is 10.2 Å². The van der Waals surface area contributed by atoms with Crippen molar-refractivity contribution in [3.8, 4) is 0 Å². The van der Waals surface area contributed by atoms with Crippen LogP contribution in [0, 0.1) is 0 Å². The number of anilines is 1. The van der Waals surface area contributed by atoms with E-state index >= 15 is 0 Å². The standard InChI is InChI=1S/C21H21N3OS.2ClH/c25-20(17-4-2-1-3-5-17)18-8-6-16(7-9-18)14-19-15-26-21(23-19)24-12-10-22-11-13-24;;/h1-9,15,22H,10-14H2;2*1H. The summed E-state index contributed by atoms with van der Waals surface area (Å²) in [6.07, 6.45) is 0.794. The van der Waals surface area contributed by atoms with Crippen molar-refractivity contribution in [2.45, 2.75) is 6.42 Å². The number of halogens is 2. The van der Waals surface area contributed by atoms with E-state index in [4.69, 9.17) is 4.98 Å². The van der Waals surface area contributed by atoms with Gasteiger partial charge in [0, 0.05) is 49.1 Å². The number of nitrogens with one attached hydrogen (secondary N) is 1. The second-order valence-electron chi connectivity index (χ2n) is 6.43. The number of rotatable bonds is 5. The van der Waals surface area contributed by atoms with E-state index in [1.165, 1.54) is 5.56 Å². The third kappa shape index (κ3) is 5.32. The Balaban J connectivity index is 0.00000140. The first kappa shape index (κ1) is 22.4. The molecule has 0 unspecified atom stereocenters. The molecular weight excluding hydrogens is 413 g/mol. The first-order chi connectivity index (χ1) is 12.8. The molecule has 1 N–H and O–H groups in total. The summed E-state index contributed by atoms with van der Waals surface area (Å²) < 4.78 is 0. The summed E-state index contributed by atoms with van der Waals surface area (Å²) in [5, 5.41) is 6.61. The van der Waals surface area contributed by atoms with Crippen molar-refractivity contribution in [2.24, 2.45) is 0 Å². The molecule has 2 heterocycles. The van der Waals surface area contributed by atoms with Crippen molar-refractivity contribution in [2.75, 3.05) is 31.1 Å². The fraction of sp³-hybridized carbons (Fsp3) is 0.238. The van der Waals surface area contributed by atoms with E-state index in [1.54, 1.807) is 11.3 Å². The number of nitrogens with zero attached hydrogens (tertiary/aromatic N) is 2. The van der Waals surface area contributed by atoms with Crippen LogP contribution in [-0.4, -0.2) is 36.9 Å². The summed E-state index contributed by atoms with van der Waals surface area (Å²) in [6, 6.07) is 17.3. The molecule has 3 aromatic rings. The average molecular weight is 436 g/mol. The maximum atomic E-state index is 12.5. The molecule has 4 rings (SSSR count). The molecule has 1 saturated heterocycles. The van der Waals surface area contributed by atoms with Gasteiger partial charge in [-0.2, -0.15) is 0 Å². The molecule has 7 heteroatoms. The molecule has 0 atom stereocenters. The Morgan fingerprint density at radius 1 is 0.964 bits per heavy atom. The van der Waals surface area contributed by atoms with Crippen molar-refractivity contribution in [3.05, 3.63) is 82.4 Å². The molecule has 0 aliphatic carbocycles. The van der Waals surface area contributed by atoms with Gasteiger partial charge >= 0.3 is 0 Å². The molecule has 0 bridgehead atoms. The molecule has 1 fully saturated rings. The van der Waals surface area contributed by atoms with E-state index in [1.807, 2.05) is 54.6 Å². The molecule has 0 saturated carbocycles. The predicted molar refractivity (Wildman–Crippen MR) is 121 cm³/mol. The van der Waals surface area contributed by atoms with Crippen molar-refractivity contribution >= 4 is 47.1 Å². The van der Waals surface area contributed by atoms with Gasteiger partial charge in [-0.3, -0.25) is 4.79 Å². The van der Waals surface area contributed by atoms with Crippen LogP contribution in [0.4, 0.5) is 5.13 Å². The van der Waals surface area contributed by atoms with E-state index in [0.29, 0.717) is 0 Å². The van der Waals surface area contributed by atoms with Crippen molar-refractivity contribution < 1.29 is 4.79 Å². The van der Waals surface area contributed by atoms with Crippen molar-refractivity contribution in [3.63, 3.8) is 0 Å². The van der Waals surface area contributed by atoms with Gasteiger partial charge in [-0.25, -0.2) is 4.98 Å². The number of benzene rings is 2. The van der Waals surface area contributed by atoms with Gasteiger partial charge in [0.05, 0.1) is 5.69 Å². The molecule has 0 spiro atoms. The van der Waals surface area contributed by atoms with E-state index in [-0.39, 0.29) is 30.6 Å². The van der Waals surface area contributed by atoms with Crippen LogP contribution in [-0.2, 0) is 6.42 Å². The molecule has 0 radical (unpaired) electrons. The monoisotopic (exact) mass is 435 g/mol. The highest BCUT2D eigenvalue weighted by atomic mass is 35.5. The Hall–Kier alpha value is -1.92. The summed E-state index contributed by atoms with van der Waals surface area (Å²) in [6.45, 7) is 4.07. The van der Waals surface area contributed by atoms with E-state index in [2.05, 4.69) is 15.6 Å².